The van der Waals surface area contributed by atoms with E-state index in [0.717, 1.165) is 30.6 Å². The largest absolute Gasteiger partial charge is 0.356 e. The molecule has 2 aromatic rings. The van der Waals surface area contributed by atoms with Crippen LogP contribution in [0.3, 0.4) is 0 Å². The Morgan fingerprint density at radius 1 is 1.12 bits per heavy atom. The molecule has 34 heavy (non-hydrogen) atoms. The van der Waals surface area contributed by atoms with E-state index in [1.807, 2.05) is 36.2 Å². The van der Waals surface area contributed by atoms with Gasteiger partial charge in [0.2, 0.25) is 5.91 Å². The fourth-order valence-corrected chi connectivity index (χ4v) is 6.61. The molecule has 1 spiro atoms. The molecule has 0 aliphatic carbocycles. The number of amides is 3. The minimum atomic E-state index is -0.948. The van der Waals surface area contributed by atoms with Gasteiger partial charge in [-0.3, -0.25) is 19.3 Å². The first-order chi connectivity index (χ1) is 16.5. The Bertz CT molecular complexity index is 1160. The van der Waals surface area contributed by atoms with Crippen molar-refractivity contribution in [2.45, 2.75) is 37.3 Å². The number of hydrogen-bond donors (Lipinski definition) is 1. The standard InChI is InChI=1S/C25H30N6O3/c1-28-15-20(27-16-28)23(33)29-10-5-9-26-22(32)19-14-17-6-4-11-31(17)25(19)18-7-2-3-8-21(18)30(13-12-29)24(25)34/h2-3,7-8,15-17,19H,4-6,9-14H2,1H3,(H,26,32)/t17-,19+,25+/m0/s1. The fourth-order valence-electron chi connectivity index (χ4n) is 6.61. The average molecular weight is 463 g/mol. The van der Waals surface area contributed by atoms with E-state index in [2.05, 4.69) is 15.2 Å². The number of rotatable bonds is 1. The lowest BCUT2D eigenvalue weighted by molar-refractivity contribution is -0.139. The normalized spacial score (nSPS) is 29.2. The summed E-state index contributed by atoms with van der Waals surface area (Å²) in [5.41, 5.74) is 1.24. The summed E-state index contributed by atoms with van der Waals surface area (Å²) in [6.07, 6.45) is 6.75. The van der Waals surface area contributed by atoms with Crippen LogP contribution in [-0.2, 0) is 22.2 Å². The number of imidazole rings is 1. The fraction of sp³-hybridized carbons (Fsp3) is 0.520. The second-order valence-electron chi connectivity index (χ2n) is 9.88. The summed E-state index contributed by atoms with van der Waals surface area (Å²) in [7, 11) is 1.83. The number of nitrogens with one attached hydrogen (secondary N) is 1. The maximum Gasteiger partial charge on any atom is 0.274 e. The number of aryl methyl sites for hydroxylation is 1. The highest BCUT2D eigenvalue weighted by atomic mass is 16.2. The Kier molecular flexibility index (Phi) is 4.98. The van der Waals surface area contributed by atoms with Gasteiger partial charge >= 0.3 is 0 Å². The molecule has 1 aromatic carbocycles. The van der Waals surface area contributed by atoms with Crippen LogP contribution in [0, 0.1) is 5.92 Å². The van der Waals surface area contributed by atoms with Gasteiger partial charge < -0.3 is 19.7 Å². The van der Waals surface area contributed by atoms with Gasteiger partial charge in [-0.25, -0.2) is 4.98 Å². The van der Waals surface area contributed by atoms with Crippen LogP contribution >= 0.6 is 0 Å². The highest BCUT2D eigenvalue weighted by Gasteiger charge is 2.67. The Hall–Kier alpha value is -3.20. The first-order valence-corrected chi connectivity index (χ1v) is 12.2. The monoisotopic (exact) mass is 462 g/mol. The van der Waals surface area contributed by atoms with Crippen LogP contribution in [-0.4, -0.2) is 75.8 Å². The van der Waals surface area contributed by atoms with Crippen molar-refractivity contribution >= 4 is 23.4 Å². The molecule has 4 aliphatic heterocycles. The molecule has 4 aliphatic rings. The zero-order valence-electron chi connectivity index (χ0n) is 19.4. The Labute approximate surface area is 198 Å². The van der Waals surface area contributed by atoms with Crippen molar-refractivity contribution < 1.29 is 14.4 Å². The number of benzene rings is 1. The molecule has 5 heterocycles. The molecular formula is C25H30N6O3. The highest BCUT2D eigenvalue weighted by Crippen LogP contribution is 2.56. The van der Waals surface area contributed by atoms with Crippen molar-refractivity contribution in [1.82, 2.24) is 24.7 Å². The van der Waals surface area contributed by atoms with E-state index in [0.29, 0.717) is 44.7 Å². The minimum Gasteiger partial charge on any atom is -0.356 e. The summed E-state index contributed by atoms with van der Waals surface area (Å²) >= 11 is 0. The van der Waals surface area contributed by atoms with Crippen LogP contribution in [0.15, 0.2) is 36.8 Å². The Balaban J connectivity index is 1.40. The van der Waals surface area contributed by atoms with Gasteiger partial charge in [-0.1, -0.05) is 18.2 Å². The first kappa shape index (κ1) is 21.3. The van der Waals surface area contributed by atoms with Gasteiger partial charge in [0.15, 0.2) is 0 Å². The second kappa shape index (κ2) is 7.94. The van der Waals surface area contributed by atoms with Crippen LogP contribution in [0.5, 0.6) is 0 Å². The number of hydrogen-bond acceptors (Lipinski definition) is 5. The molecule has 3 fully saturated rings. The van der Waals surface area contributed by atoms with Crippen molar-refractivity contribution in [3.63, 3.8) is 0 Å². The lowest BCUT2D eigenvalue weighted by atomic mass is 9.78. The zero-order chi connectivity index (χ0) is 23.4. The van der Waals surface area contributed by atoms with E-state index in [1.165, 1.54) is 0 Å². The van der Waals surface area contributed by atoms with E-state index in [-0.39, 0.29) is 23.8 Å². The van der Waals surface area contributed by atoms with Crippen molar-refractivity contribution in [2.75, 3.05) is 37.6 Å². The number of fused-ring (bicyclic) bond motifs is 4. The topological polar surface area (TPSA) is 90.8 Å². The summed E-state index contributed by atoms with van der Waals surface area (Å²) in [5.74, 6) is -0.634. The highest BCUT2D eigenvalue weighted by molar-refractivity contribution is 6.11. The van der Waals surface area contributed by atoms with Crippen LogP contribution in [0.2, 0.25) is 0 Å². The molecule has 178 valence electrons. The van der Waals surface area contributed by atoms with Gasteiger partial charge in [-0.15, -0.1) is 0 Å². The van der Waals surface area contributed by atoms with Crippen LogP contribution < -0.4 is 10.2 Å². The molecule has 1 N–H and O–H groups in total. The maximum atomic E-state index is 14.3. The smallest absolute Gasteiger partial charge is 0.274 e. The van der Waals surface area contributed by atoms with Crippen LogP contribution in [0.25, 0.3) is 0 Å². The van der Waals surface area contributed by atoms with Gasteiger partial charge in [-0.05, 0) is 38.3 Å². The molecule has 2 bridgehead atoms. The van der Waals surface area contributed by atoms with Crippen molar-refractivity contribution in [3.8, 4) is 0 Å². The predicted octanol–water partition coefficient (Wildman–Crippen LogP) is 1.11. The number of nitrogens with zero attached hydrogens (tertiary/aromatic N) is 5. The first-order valence-electron chi connectivity index (χ1n) is 12.2. The molecule has 3 amide bonds. The SMILES string of the molecule is Cn1cnc(C(=O)N2CCCNC(=O)[C@H]3C[C@@H]4CCCN4[C@@]34C(=O)N(CC2)c2ccccc24)c1. The second-order valence-corrected chi connectivity index (χ2v) is 9.88. The molecule has 3 saturated heterocycles. The van der Waals surface area contributed by atoms with E-state index >= 15 is 0 Å². The lowest BCUT2D eigenvalue weighted by Crippen LogP contribution is -2.57. The van der Waals surface area contributed by atoms with Gasteiger partial charge in [0, 0.05) is 56.7 Å². The predicted molar refractivity (Wildman–Crippen MR) is 125 cm³/mol. The summed E-state index contributed by atoms with van der Waals surface area (Å²) in [6.45, 7) is 2.59. The quantitative estimate of drug-likeness (QED) is 0.686. The number of anilines is 1. The zero-order valence-corrected chi connectivity index (χ0v) is 19.4. The van der Waals surface area contributed by atoms with Gasteiger partial charge in [0.1, 0.15) is 11.2 Å². The summed E-state index contributed by atoms with van der Waals surface area (Å²) in [5, 5.41) is 3.10. The number of carbonyl (C=O) groups is 3. The molecule has 0 unspecified atom stereocenters. The average Bonchev–Trinajstić information content (AvgIpc) is 3.58. The molecule has 6 rings (SSSR count). The van der Waals surface area contributed by atoms with E-state index in [1.54, 1.807) is 22.0 Å². The molecule has 1 aromatic heterocycles. The minimum absolute atomic E-state index is 0.0240. The summed E-state index contributed by atoms with van der Waals surface area (Å²) < 4.78 is 1.75. The maximum absolute atomic E-state index is 14.3. The molecule has 0 saturated carbocycles. The third-order valence-electron chi connectivity index (χ3n) is 8.04. The third-order valence-corrected chi connectivity index (χ3v) is 8.04. The van der Waals surface area contributed by atoms with Gasteiger partial charge in [0.05, 0.1) is 12.2 Å². The van der Waals surface area contributed by atoms with Crippen molar-refractivity contribution in [1.29, 1.82) is 0 Å². The van der Waals surface area contributed by atoms with Crippen molar-refractivity contribution in [3.05, 3.63) is 48.0 Å². The molecule has 9 nitrogen and oxygen atoms in total. The van der Waals surface area contributed by atoms with Crippen molar-refractivity contribution in [2.24, 2.45) is 13.0 Å². The Morgan fingerprint density at radius 3 is 2.79 bits per heavy atom. The lowest BCUT2D eigenvalue weighted by Gasteiger charge is -2.37. The molecule has 3 atom stereocenters. The van der Waals surface area contributed by atoms with Gasteiger partial charge in [-0.2, -0.15) is 0 Å². The van der Waals surface area contributed by atoms with E-state index < -0.39 is 11.5 Å². The molecule has 9 heteroatoms. The Morgan fingerprint density at radius 2 is 1.97 bits per heavy atom. The summed E-state index contributed by atoms with van der Waals surface area (Å²) in [6, 6.07) is 8.15. The van der Waals surface area contributed by atoms with Crippen LogP contribution in [0.4, 0.5) is 5.69 Å². The number of carbonyl (C=O) groups excluding carboxylic acids is 3. The van der Waals surface area contributed by atoms with Gasteiger partial charge in [0.25, 0.3) is 11.8 Å². The number of aromatic nitrogens is 2. The summed E-state index contributed by atoms with van der Waals surface area (Å²) in [4.78, 5) is 51.1. The van der Waals surface area contributed by atoms with E-state index in [9.17, 15) is 14.4 Å². The van der Waals surface area contributed by atoms with E-state index in [4.69, 9.17) is 0 Å². The number of para-hydroxylation sites is 1. The molecule has 0 radical (unpaired) electrons. The van der Waals surface area contributed by atoms with Crippen LogP contribution in [0.1, 0.15) is 41.7 Å². The molecular weight excluding hydrogens is 432 g/mol. The third kappa shape index (κ3) is 2.95.